The minimum Gasteiger partial charge on any atom is -0.481 e. The predicted molar refractivity (Wildman–Crippen MR) is 52.1 cm³/mol. The van der Waals surface area contributed by atoms with Crippen molar-refractivity contribution in [2.75, 3.05) is 0 Å². The molecule has 0 aliphatic carbocycles. The van der Waals surface area contributed by atoms with Gasteiger partial charge in [-0.05, 0) is 5.56 Å². The van der Waals surface area contributed by atoms with E-state index in [-0.39, 0.29) is 12.2 Å². The topological polar surface area (TPSA) is 112 Å². The van der Waals surface area contributed by atoms with Crippen molar-refractivity contribution in [1.82, 2.24) is 15.4 Å². The van der Waals surface area contributed by atoms with Crippen molar-refractivity contribution in [3.63, 3.8) is 0 Å². The molecule has 2 aromatic heterocycles. The van der Waals surface area contributed by atoms with Crippen LogP contribution >= 0.6 is 0 Å². The Labute approximate surface area is 89.1 Å². The van der Waals surface area contributed by atoms with Crippen LogP contribution in [0.5, 0.6) is 0 Å². The molecule has 16 heavy (non-hydrogen) atoms. The zero-order chi connectivity index (χ0) is 11.5. The maximum Gasteiger partial charge on any atom is 0.311 e. The Morgan fingerprint density at radius 2 is 2.38 bits per heavy atom. The van der Waals surface area contributed by atoms with Crippen LogP contribution in [0.3, 0.4) is 0 Å². The van der Waals surface area contributed by atoms with Crippen LogP contribution in [0.4, 0.5) is 0 Å². The molecule has 0 saturated heterocycles. The Morgan fingerprint density at radius 1 is 1.56 bits per heavy atom. The summed E-state index contributed by atoms with van der Waals surface area (Å²) >= 11 is 0. The number of rotatable bonds is 4. The molecule has 0 radical (unpaired) electrons. The third kappa shape index (κ3) is 2.02. The van der Waals surface area contributed by atoms with Crippen molar-refractivity contribution >= 4 is 5.97 Å². The second-order valence-electron chi connectivity index (χ2n) is 3.29. The molecule has 84 valence electrons. The van der Waals surface area contributed by atoms with Gasteiger partial charge in [0.1, 0.15) is 6.42 Å². The Balaban J connectivity index is 2.28. The number of carboxylic acids is 1. The quantitative estimate of drug-likeness (QED) is 0.670. The van der Waals surface area contributed by atoms with E-state index in [1.54, 1.807) is 12.4 Å². The number of hydrogen-bond donors (Lipinski definition) is 3. The summed E-state index contributed by atoms with van der Waals surface area (Å²) in [7, 11) is 0. The molecule has 0 aromatic carbocycles. The lowest BCUT2D eigenvalue weighted by atomic mass is 10.1. The molecule has 0 saturated carbocycles. The summed E-state index contributed by atoms with van der Waals surface area (Å²) in [5.41, 5.74) is 0.708. The van der Waals surface area contributed by atoms with Crippen LogP contribution in [0.25, 0.3) is 0 Å². The van der Waals surface area contributed by atoms with Gasteiger partial charge >= 0.3 is 5.97 Å². The van der Waals surface area contributed by atoms with Crippen molar-refractivity contribution < 1.29 is 14.4 Å². The third-order valence-corrected chi connectivity index (χ3v) is 2.13. The molecule has 0 amide bonds. The molecule has 2 heterocycles. The van der Waals surface area contributed by atoms with Crippen LogP contribution in [0.2, 0.25) is 0 Å². The molecule has 0 aliphatic heterocycles. The van der Waals surface area contributed by atoms with Crippen molar-refractivity contribution in [3.05, 3.63) is 39.6 Å². The molecule has 3 N–H and O–H groups in total. The van der Waals surface area contributed by atoms with E-state index in [0.29, 0.717) is 12.0 Å². The van der Waals surface area contributed by atoms with Crippen LogP contribution in [0.15, 0.2) is 21.7 Å². The standard InChI is InChI=1S/C9H9N3O4/c13-8(14)2-7-6(9(15)12-16-7)1-5-3-10-11-4-5/h3-4H,1-2H2,(H,10,11)(H,12,15)(H,13,14). The molecular weight excluding hydrogens is 214 g/mol. The molecule has 2 aromatic rings. The fourth-order valence-electron chi connectivity index (χ4n) is 1.40. The first-order valence-corrected chi connectivity index (χ1v) is 4.55. The highest BCUT2D eigenvalue weighted by Crippen LogP contribution is 2.10. The van der Waals surface area contributed by atoms with E-state index in [4.69, 9.17) is 9.63 Å². The van der Waals surface area contributed by atoms with Gasteiger partial charge in [0.2, 0.25) is 0 Å². The van der Waals surface area contributed by atoms with E-state index in [0.717, 1.165) is 5.56 Å². The van der Waals surface area contributed by atoms with Crippen LogP contribution < -0.4 is 5.56 Å². The summed E-state index contributed by atoms with van der Waals surface area (Å²) in [4.78, 5) is 21.9. The van der Waals surface area contributed by atoms with E-state index < -0.39 is 11.5 Å². The second kappa shape index (κ2) is 4.05. The number of carbonyl (C=O) groups is 1. The molecule has 0 spiro atoms. The molecule has 0 bridgehead atoms. The van der Waals surface area contributed by atoms with E-state index in [1.807, 2.05) is 0 Å². The van der Waals surface area contributed by atoms with Gasteiger partial charge in [0.05, 0.1) is 11.8 Å². The summed E-state index contributed by atoms with van der Waals surface area (Å²) in [6, 6.07) is 0. The summed E-state index contributed by atoms with van der Waals surface area (Å²) in [6.07, 6.45) is 3.19. The summed E-state index contributed by atoms with van der Waals surface area (Å²) < 4.78 is 4.81. The van der Waals surface area contributed by atoms with Crippen LogP contribution in [0.1, 0.15) is 16.9 Å². The van der Waals surface area contributed by atoms with Gasteiger partial charge in [-0.1, -0.05) is 0 Å². The lowest BCUT2D eigenvalue weighted by Gasteiger charge is -1.94. The number of hydrogen-bond acceptors (Lipinski definition) is 4. The van der Waals surface area contributed by atoms with Gasteiger partial charge in [0.15, 0.2) is 5.76 Å². The van der Waals surface area contributed by atoms with Gasteiger partial charge in [0.25, 0.3) is 5.56 Å². The molecule has 7 nitrogen and oxygen atoms in total. The number of aromatic nitrogens is 3. The molecule has 7 heteroatoms. The van der Waals surface area contributed by atoms with Crippen molar-refractivity contribution in [2.45, 2.75) is 12.8 Å². The zero-order valence-electron chi connectivity index (χ0n) is 8.19. The SMILES string of the molecule is O=C(O)Cc1o[nH]c(=O)c1Cc1cn[nH]c1. The number of H-pyrrole nitrogens is 2. The average molecular weight is 223 g/mol. The van der Waals surface area contributed by atoms with Gasteiger partial charge in [-0.2, -0.15) is 10.3 Å². The fraction of sp³-hybridized carbons (Fsp3) is 0.222. The van der Waals surface area contributed by atoms with Crippen molar-refractivity contribution in [2.24, 2.45) is 0 Å². The molecule has 0 fully saturated rings. The predicted octanol–water partition coefficient (Wildman–Crippen LogP) is -0.0911. The van der Waals surface area contributed by atoms with Gasteiger partial charge in [-0.15, -0.1) is 0 Å². The smallest absolute Gasteiger partial charge is 0.311 e. The minimum absolute atomic E-state index is 0.152. The lowest BCUT2D eigenvalue weighted by molar-refractivity contribution is -0.136. The van der Waals surface area contributed by atoms with E-state index >= 15 is 0 Å². The highest BCUT2D eigenvalue weighted by Gasteiger charge is 2.16. The van der Waals surface area contributed by atoms with Crippen LogP contribution in [-0.4, -0.2) is 26.4 Å². The Bertz CT molecular complexity index is 537. The van der Waals surface area contributed by atoms with Gasteiger partial charge in [0, 0.05) is 12.6 Å². The fourth-order valence-corrected chi connectivity index (χ4v) is 1.40. The maximum atomic E-state index is 11.4. The first-order valence-electron chi connectivity index (χ1n) is 4.55. The minimum atomic E-state index is -1.05. The Hall–Kier alpha value is -2.31. The number of nitrogens with one attached hydrogen (secondary N) is 2. The Morgan fingerprint density at radius 3 is 3.00 bits per heavy atom. The normalized spacial score (nSPS) is 10.5. The number of nitrogens with zero attached hydrogens (tertiary/aromatic N) is 1. The highest BCUT2D eigenvalue weighted by atomic mass is 16.5. The largest absolute Gasteiger partial charge is 0.481 e. The number of aromatic amines is 2. The number of aliphatic carboxylic acids is 1. The van der Waals surface area contributed by atoms with E-state index in [1.165, 1.54) is 0 Å². The van der Waals surface area contributed by atoms with Gasteiger partial charge in [-0.25, -0.2) is 0 Å². The second-order valence-corrected chi connectivity index (χ2v) is 3.29. The van der Waals surface area contributed by atoms with Crippen LogP contribution in [0, 0.1) is 0 Å². The van der Waals surface area contributed by atoms with Crippen LogP contribution in [-0.2, 0) is 17.6 Å². The molecule has 2 rings (SSSR count). The molecule has 0 atom stereocenters. The summed E-state index contributed by atoms with van der Waals surface area (Å²) in [6.45, 7) is 0. The average Bonchev–Trinajstić information content (AvgIpc) is 2.82. The summed E-state index contributed by atoms with van der Waals surface area (Å²) in [5, 5.41) is 17.1. The summed E-state index contributed by atoms with van der Waals surface area (Å²) in [5.74, 6) is -0.894. The molecule has 0 aliphatic rings. The zero-order valence-corrected chi connectivity index (χ0v) is 8.19. The van der Waals surface area contributed by atoms with Gasteiger partial charge in [-0.3, -0.25) is 14.7 Å². The third-order valence-electron chi connectivity index (χ3n) is 2.13. The molecular formula is C9H9N3O4. The molecule has 0 unspecified atom stereocenters. The van der Waals surface area contributed by atoms with Gasteiger partial charge < -0.3 is 9.63 Å². The maximum absolute atomic E-state index is 11.4. The van der Waals surface area contributed by atoms with E-state index in [9.17, 15) is 9.59 Å². The van der Waals surface area contributed by atoms with E-state index in [2.05, 4.69) is 15.4 Å². The van der Waals surface area contributed by atoms with Crippen molar-refractivity contribution in [1.29, 1.82) is 0 Å². The lowest BCUT2D eigenvalue weighted by Crippen LogP contribution is -2.09. The van der Waals surface area contributed by atoms with Crippen molar-refractivity contribution in [3.8, 4) is 0 Å². The first kappa shape index (κ1) is 10.2. The Kier molecular flexibility index (Phi) is 2.59. The first-order chi connectivity index (χ1) is 7.66. The highest BCUT2D eigenvalue weighted by molar-refractivity contribution is 5.69. The monoisotopic (exact) mass is 223 g/mol. The number of carboxylic acid groups (broad SMARTS) is 1.